The second-order valence-electron chi connectivity index (χ2n) is 5.26. The average Bonchev–Trinajstić information content (AvgIpc) is 2.28. The fraction of sp³-hybridized carbons (Fsp3) is 0.533. The number of amides is 1. The molecule has 0 heterocycles. The van der Waals surface area contributed by atoms with E-state index in [-0.39, 0.29) is 13.3 Å². The Bertz CT molecular complexity index is 401. The molecule has 2 nitrogen and oxygen atoms in total. The van der Waals surface area contributed by atoms with Gasteiger partial charge in [0.15, 0.2) is 0 Å². The summed E-state index contributed by atoms with van der Waals surface area (Å²) in [4.78, 5) is 13.1. The quantitative estimate of drug-likeness (QED) is 0.761. The summed E-state index contributed by atoms with van der Waals surface area (Å²) in [6, 6.07) is 9.75. The number of benzene rings is 1. The van der Waals surface area contributed by atoms with Crippen molar-refractivity contribution in [2.45, 2.75) is 46.8 Å². The highest BCUT2D eigenvalue weighted by Gasteiger charge is 2.22. The lowest BCUT2D eigenvalue weighted by molar-refractivity contribution is -0.116. The van der Waals surface area contributed by atoms with Gasteiger partial charge in [-0.25, -0.2) is 0 Å². The van der Waals surface area contributed by atoms with Crippen LogP contribution in [0.15, 0.2) is 24.3 Å². The van der Waals surface area contributed by atoms with E-state index < -0.39 is 8.07 Å². The van der Waals surface area contributed by atoms with Crippen LogP contribution in [0.3, 0.4) is 0 Å². The molecule has 0 bridgehead atoms. The van der Waals surface area contributed by atoms with Crippen molar-refractivity contribution in [2.24, 2.45) is 0 Å². The smallest absolute Gasteiger partial charge is 0.223 e. The summed E-state index contributed by atoms with van der Waals surface area (Å²) in [5, 5.41) is 1.44. The zero-order chi connectivity index (χ0) is 13.1. The molecule has 3 heteroatoms. The van der Waals surface area contributed by atoms with Gasteiger partial charge >= 0.3 is 0 Å². The van der Waals surface area contributed by atoms with Crippen LogP contribution in [0.25, 0.3) is 0 Å². The molecule has 0 unspecified atom stereocenters. The highest BCUT2D eigenvalue weighted by Crippen LogP contribution is 2.16. The fourth-order valence-electron chi connectivity index (χ4n) is 2.09. The Hall–Kier alpha value is -1.09. The maximum atomic E-state index is 11.4. The summed E-state index contributed by atoms with van der Waals surface area (Å²) in [5.41, 5.74) is 1.01. The van der Waals surface area contributed by atoms with Gasteiger partial charge in [0.2, 0.25) is 5.91 Å². The molecular formula is C15H27NOSi. The maximum Gasteiger partial charge on any atom is 0.223 e. The first-order chi connectivity index (χ1) is 7.88. The van der Waals surface area contributed by atoms with E-state index in [1.165, 1.54) is 17.7 Å². The lowest BCUT2D eigenvalue weighted by atomic mass is 10.3. The van der Waals surface area contributed by atoms with Crippen LogP contribution < -0.4 is 10.1 Å². The van der Waals surface area contributed by atoms with Crippen molar-refractivity contribution >= 4 is 24.9 Å². The van der Waals surface area contributed by atoms with Crippen LogP contribution in [-0.4, -0.2) is 21.0 Å². The molecule has 1 aromatic rings. The average molecular weight is 265 g/mol. The van der Waals surface area contributed by atoms with Gasteiger partial charge in [-0.2, -0.15) is 0 Å². The number of anilines is 1. The van der Waals surface area contributed by atoms with Crippen molar-refractivity contribution in [3.63, 3.8) is 0 Å². The van der Waals surface area contributed by atoms with Crippen molar-refractivity contribution < 1.29 is 4.79 Å². The molecule has 0 aliphatic rings. The Labute approximate surface area is 113 Å². The molecule has 0 saturated heterocycles. The molecule has 0 aliphatic carbocycles. The minimum absolute atomic E-state index is 0. The molecule has 0 atom stereocenters. The van der Waals surface area contributed by atoms with Crippen molar-refractivity contribution in [1.82, 2.24) is 0 Å². The number of nitrogens with zero attached hydrogens (tertiary/aromatic N) is 1. The Kier molecular flexibility index (Phi) is 6.33. The second-order valence-corrected chi connectivity index (χ2v) is 10.1. The fourth-order valence-corrected chi connectivity index (χ4v) is 4.71. The Morgan fingerprint density at radius 3 is 2.44 bits per heavy atom. The van der Waals surface area contributed by atoms with Crippen LogP contribution in [0.2, 0.25) is 19.1 Å². The normalized spacial score (nSPS) is 10.7. The van der Waals surface area contributed by atoms with E-state index in [9.17, 15) is 4.79 Å². The Balaban J connectivity index is 0.00000289. The lowest BCUT2D eigenvalue weighted by Crippen LogP contribution is -2.41. The summed E-state index contributed by atoms with van der Waals surface area (Å²) in [6.07, 6.45) is 1.23. The van der Waals surface area contributed by atoms with E-state index in [0.29, 0.717) is 0 Å². The minimum Gasteiger partial charge on any atom is -0.316 e. The minimum atomic E-state index is -1.33. The molecule has 0 saturated carbocycles. The van der Waals surface area contributed by atoms with E-state index in [1.807, 2.05) is 13.1 Å². The van der Waals surface area contributed by atoms with Crippen LogP contribution in [-0.2, 0) is 4.79 Å². The van der Waals surface area contributed by atoms with Gasteiger partial charge in [-0.3, -0.25) is 4.79 Å². The zero-order valence-corrected chi connectivity index (χ0v) is 12.6. The van der Waals surface area contributed by atoms with Gasteiger partial charge < -0.3 is 4.90 Å². The van der Waals surface area contributed by atoms with Gasteiger partial charge in [0.25, 0.3) is 0 Å². The molecule has 0 aliphatic heterocycles. The molecule has 0 radical (unpaired) electrons. The Morgan fingerprint density at radius 2 is 1.94 bits per heavy atom. The predicted molar refractivity (Wildman–Crippen MR) is 84.5 cm³/mol. The van der Waals surface area contributed by atoms with Crippen molar-refractivity contribution in [2.75, 3.05) is 11.9 Å². The molecule has 1 amide bonds. The van der Waals surface area contributed by atoms with Crippen LogP contribution in [0.4, 0.5) is 5.69 Å². The molecule has 0 fully saturated rings. The van der Waals surface area contributed by atoms with Gasteiger partial charge in [-0.15, -0.1) is 0 Å². The van der Waals surface area contributed by atoms with Crippen LogP contribution in [0, 0.1) is 0 Å². The van der Waals surface area contributed by atoms with Gasteiger partial charge in [0.05, 0.1) is 8.07 Å². The van der Waals surface area contributed by atoms with E-state index in [2.05, 4.69) is 38.2 Å². The molecule has 1 aromatic carbocycles. The van der Waals surface area contributed by atoms with Crippen molar-refractivity contribution in [3.05, 3.63) is 24.3 Å². The third kappa shape index (κ3) is 3.98. The Morgan fingerprint density at radius 1 is 1.33 bits per heavy atom. The van der Waals surface area contributed by atoms with Gasteiger partial charge in [0.1, 0.15) is 0 Å². The number of hydrogen-bond donors (Lipinski definition) is 0. The number of carbonyl (C=O) groups excluding carboxylic acids is 1. The molecule has 1 rings (SSSR count). The van der Waals surface area contributed by atoms with Crippen LogP contribution in [0.1, 0.15) is 27.7 Å². The topological polar surface area (TPSA) is 20.3 Å². The van der Waals surface area contributed by atoms with Gasteiger partial charge in [-0.05, 0) is 12.1 Å². The van der Waals surface area contributed by atoms with E-state index in [1.54, 1.807) is 11.8 Å². The largest absolute Gasteiger partial charge is 0.316 e. The predicted octanol–water partition coefficient (Wildman–Crippen LogP) is 3.63. The number of rotatable bonds is 4. The second kappa shape index (κ2) is 6.74. The van der Waals surface area contributed by atoms with E-state index in [4.69, 9.17) is 0 Å². The highest BCUT2D eigenvalue weighted by atomic mass is 28.3. The monoisotopic (exact) mass is 265 g/mol. The summed E-state index contributed by atoms with van der Waals surface area (Å²) in [6.45, 7) is 8.62. The molecule has 0 spiro atoms. The molecule has 0 aromatic heterocycles. The molecule has 0 N–H and O–H groups in total. The third-order valence-corrected chi connectivity index (χ3v) is 6.99. The van der Waals surface area contributed by atoms with Gasteiger partial charge in [0, 0.05) is 19.7 Å². The van der Waals surface area contributed by atoms with E-state index in [0.717, 1.165) is 5.69 Å². The number of carbonyl (C=O) groups is 1. The van der Waals surface area contributed by atoms with Crippen LogP contribution >= 0.6 is 0 Å². The number of hydrogen-bond acceptors (Lipinski definition) is 1. The third-order valence-electron chi connectivity index (χ3n) is 3.36. The first-order valence-electron chi connectivity index (χ1n) is 6.23. The summed E-state index contributed by atoms with van der Waals surface area (Å²) >= 11 is 0. The van der Waals surface area contributed by atoms with Gasteiger partial charge in [-0.1, -0.05) is 57.2 Å². The molecule has 18 heavy (non-hydrogen) atoms. The summed E-state index contributed by atoms with van der Waals surface area (Å²) in [5.74, 6) is 0.0807. The zero-order valence-electron chi connectivity index (χ0n) is 11.6. The first-order valence-corrected chi connectivity index (χ1v) is 9.44. The van der Waals surface area contributed by atoms with Crippen molar-refractivity contribution in [3.8, 4) is 0 Å². The molecule has 102 valence electrons. The summed E-state index contributed by atoms with van der Waals surface area (Å²) in [7, 11) is 0.500. The first kappa shape index (κ1) is 16.9. The van der Waals surface area contributed by atoms with E-state index >= 15 is 0 Å². The summed E-state index contributed by atoms with van der Waals surface area (Å²) < 4.78 is 0. The maximum absolute atomic E-state index is 11.4. The highest BCUT2D eigenvalue weighted by molar-refractivity contribution is 6.89. The molecular weight excluding hydrogens is 238 g/mol. The van der Waals surface area contributed by atoms with Crippen LogP contribution in [0.5, 0.6) is 0 Å². The lowest BCUT2D eigenvalue weighted by Gasteiger charge is -2.24. The van der Waals surface area contributed by atoms with Crippen molar-refractivity contribution in [1.29, 1.82) is 0 Å². The standard InChI is InChI=1S/C14H23NOSi.CH4/c1-6-10-17(4,5)14-9-7-8-13(11-14)15(3)12(2)16;/h7-9,11H,6,10H2,1-5H3;1H4. The SMILES string of the molecule is C.CCC[Si](C)(C)c1cccc(N(C)C(C)=O)c1.